The van der Waals surface area contributed by atoms with Crippen molar-refractivity contribution in [3.05, 3.63) is 22.3 Å². The molecule has 30 heavy (non-hydrogen) atoms. The number of anilines is 2. The molecule has 0 saturated heterocycles. The van der Waals surface area contributed by atoms with Crippen molar-refractivity contribution < 1.29 is 45.3 Å². The fourth-order valence-corrected chi connectivity index (χ4v) is 3.47. The predicted molar refractivity (Wildman–Crippen MR) is 101 cm³/mol. The zero-order valence-electron chi connectivity index (χ0n) is 16.7. The molecule has 0 aliphatic rings. The van der Waals surface area contributed by atoms with Gasteiger partial charge in [0.15, 0.2) is 0 Å². The zero-order chi connectivity index (χ0) is 23.6. The second-order valence-electron chi connectivity index (χ2n) is 6.55. The summed E-state index contributed by atoms with van der Waals surface area (Å²) in [6.45, 7) is 6.53. The Morgan fingerprint density at radius 3 is 1.67 bits per heavy atom. The van der Waals surface area contributed by atoms with Crippen molar-refractivity contribution >= 4 is 39.3 Å². The number of nitrogens with one attached hydrogen (secondary N) is 2. The predicted octanol–water partition coefficient (Wildman–Crippen LogP) is 2.50. The van der Waals surface area contributed by atoms with Crippen LogP contribution in [0.3, 0.4) is 0 Å². The van der Waals surface area contributed by atoms with Gasteiger partial charge in [0.2, 0.25) is 17.9 Å². The molecular weight excluding hydrogens is 433 g/mol. The van der Waals surface area contributed by atoms with E-state index in [1.54, 1.807) is 0 Å². The summed E-state index contributed by atoms with van der Waals surface area (Å²) in [7, 11) is -5.12. The maximum atomic E-state index is 13.1. The van der Waals surface area contributed by atoms with Crippen molar-refractivity contribution in [2.75, 3.05) is 16.4 Å². The summed E-state index contributed by atoms with van der Waals surface area (Å²) < 4.78 is 74.3. The molecular formula is C17H21F3N2O7S. The summed E-state index contributed by atoms with van der Waals surface area (Å²) in [6, 6.07) is 0. The van der Waals surface area contributed by atoms with Gasteiger partial charge in [0, 0.05) is 25.2 Å². The quantitative estimate of drug-likeness (QED) is 0.443. The molecule has 1 rings (SSSR count). The van der Waals surface area contributed by atoms with Gasteiger partial charge in [0.1, 0.15) is 5.75 Å². The van der Waals surface area contributed by atoms with E-state index in [1.807, 2.05) is 0 Å². The molecule has 0 saturated carbocycles. The fourth-order valence-electron chi connectivity index (χ4n) is 2.83. The number of carbonyl (C=O) groups excluding carboxylic acids is 3. The number of rotatable bonds is 6. The Hall–Kier alpha value is -2.67. The molecule has 2 amide bonds. The summed E-state index contributed by atoms with van der Waals surface area (Å²) in [5, 5.41) is 4.89. The van der Waals surface area contributed by atoms with Crippen molar-refractivity contribution in [1.82, 2.24) is 0 Å². The minimum Gasteiger partial charge on any atom is -0.448 e. The Bertz CT molecular complexity index is 945. The Balaban J connectivity index is 3.62. The highest BCUT2D eigenvalue weighted by atomic mass is 32.2. The number of ether oxygens (including phenoxy) is 1. The van der Waals surface area contributed by atoms with Crippen LogP contribution in [-0.4, -0.2) is 48.8 Å². The molecule has 13 heteroatoms. The third-order valence-corrected chi connectivity index (χ3v) is 4.76. The summed E-state index contributed by atoms with van der Waals surface area (Å²) in [5.41, 5.74) is 0.179. The number of carbonyl (C=O) groups is 3. The Labute approximate surface area is 170 Å². The topological polar surface area (TPSA) is 139 Å². The maximum Gasteiger partial charge on any atom is 0.426 e. The molecule has 1 atom stereocenters. The first-order valence-corrected chi connectivity index (χ1v) is 9.98. The van der Waals surface area contributed by atoms with Crippen LogP contribution in [0.25, 0.3) is 0 Å². The number of hydrogen-bond donors (Lipinski definition) is 3. The van der Waals surface area contributed by atoms with Crippen LogP contribution in [0.15, 0.2) is 0 Å². The Kier molecular flexibility index (Phi) is 7.61. The lowest BCUT2D eigenvalue weighted by Gasteiger charge is -2.24. The standard InChI is InChI=1S/C17H21F3N2O7S/c1-7-13(16(25)29-12(17(18,19)20)6-30(26,27)28)8(2)15(22-11(5)24)9(3)14(7)21-10(4)23/h12H,6H2,1-5H3,(H,21,23)(H,22,24)(H,26,27,28). The van der Waals surface area contributed by atoms with Gasteiger partial charge in [-0.25, -0.2) is 4.79 Å². The lowest BCUT2D eigenvalue weighted by molar-refractivity contribution is -0.197. The first-order chi connectivity index (χ1) is 13.5. The molecule has 0 spiro atoms. The van der Waals surface area contributed by atoms with Gasteiger partial charge in [-0.3, -0.25) is 14.1 Å². The summed E-state index contributed by atoms with van der Waals surface area (Å²) in [4.78, 5) is 35.6. The second kappa shape index (κ2) is 9.00. The molecule has 0 radical (unpaired) electrons. The van der Waals surface area contributed by atoms with Gasteiger partial charge in [-0.05, 0) is 37.5 Å². The number of esters is 1. The normalized spacial score (nSPS) is 12.8. The molecule has 0 fully saturated rings. The molecule has 9 nitrogen and oxygen atoms in total. The molecule has 0 aliphatic carbocycles. The highest BCUT2D eigenvalue weighted by Gasteiger charge is 2.46. The van der Waals surface area contributed by atoms with Gasteiger partial charge in [-0.1, -0.05) is 0 Å². The van der Waals surface area contributed by atoms with Crippen molar-refractivity contribution in [2.24, 2.45) is 0 Å². The minimum atomic E-state index is -5.28. The van der Waals surface area contributed by atoms with Crippen LogP contribution >= 0.6 is 0 Å². The molecule has 1 aromatic rings. The molecule has 0 bridgehead atoms. The van der Waals surface area contributed by atoms with E-state index in [4.69, 9.17) is 4.55 Å². The highest BCUT2D eigenvalue weighted by Crippen LogP contribution is 2.36. The SMILES string of the molecule is CC(=O)Nc1c(C)c(NC(C)=O)c(C)c(C(=O)OC(CS(=O)(=O)O)C(F)(F)F)c1C. The molecule has 0 aromatic heterocycles. The van der Waals surface area contributed by atoms with Gasteiger partial charge in [-0.15, -0.1) is 0 Å². The van der Waals surface area contributed by atoms with Crippen LogP contribution < -0.4 is 10.6 Å². The molecule has 0 heterocycles. The van der Waals surface area contributed by atoms with Crippen LogP contribution in [0.5, 0.6) is 0 Å². The van der Waals surface area contributed by atoms with Crippen LogP contribution in [0.1, 0.15) is 40.9 Å². The third-order valence-electron chi connectivity index (χ3n) is 4.03. The van der Waals surface area contributed by atoms with Crippen LogP contribution in [0, 0.1) is 20.8 Å². The number of alkyl halides is 3. The molecule has 3 N–H and O–H groups in total. The average molecular weight is 454 g/mol. The first kappa shape index (κ1) is 25.4. The van der Waals surface area contributed by atoms with Crippen LogP contribution in [0.2, 0.25) is 0 Å². The molecule has 1 aromatic carbocycles. The van der Waals surface area contributed by atoms with E-state index in [0.29, 0.717) is 5.56 Å². The summed E-state index contributed by atoms with van der Waals surface area (Å²) in [5.74, 6) is -4.52. The second-order valence-corrected chi connectivity index (χ2v) is 8.04. The summed E-state index contributed by atoms with van der Waals surface area (Å²) in [6.07, 6.45) is -8.41. The smallest absolute Gasteiger partial charge is 0.426 e. The van der Waals surface area contributed by atoms with Crippen LogP contribution in [0.4, 0.5) is 24.5 Å². The third kappa shape index (κ3) is 6.42. The van der Waals surface area contributed by atoms with Gasteiger partial charge < -0.3 is 15.4 Å². The monoisotopic (exact) mass is 454 g/mol. The maximum absolute atomic E-state index is 13.1. The van der Waals surface area contributed by atoms with Crippen LogP contribution in [-0.2, 0) is 24.4 Å². The van der Waals surface area contributed by atoms with E-state index in [2.05, 4.69) is 15.4 Å². The summed E-state index contributed by atoms with van der Waals surface area (Å²) >= 11 is 0. The molecule has 1 unspecified atom stereocenters. The first-order valence-electron chi connectivity index (χ1n) is 8.37. The average Bonchev–Trinajstić information content (AvgIpc) is 2.52. The van der Waals surface area contributed by atoms with E-state index < -0.39 is 51.5 Å². The highest BCUT2D eigenvalue weighted by molar-refractivity contribution is 7.85. The Morgan fingerprint density at radius 2 is 1.37 bits per heavy atom. The van der Waals surface area contributed by atoms with E-state index in [9.17, 15) is 36.0 Å². The number of halogens is 3. The zero-order valence-corrected chi connectivity index (χ0v) is 17.5. The molecule has 0 aliphatic heterocycles. The number of amides is 2. The van der Waals surface area contributed by atoms with Crippen molar-refractivity contribution in [3.63, 3.8) is 0 Å². The lowest BCUT2D eigenvalue weighted by atomic mass is 9.94. The largest absolute Gasteiger partial charge is 0.448 e. The Morgan fingerprint density at radius 1 is 0.967 bits per heavy atom. The lowest BCUT2D eigenvalue weighted by Crippen LogP contribution is -2.39. The van der Waals surface area contributed by atoms with Gasteiger partial charge in [-0.2, -0.15) is 21.6 Å². The van der Waals surface area contributed by atoms with Gasteiger partial charge >= 0.3 is 12.1 Å². The van der Waals surface area contributed by atoms with E-state index in [-0.39, 0.29) is 22.5 Å². The minimum absolute atomic E-state index is 0.0482. The van der Waals surface area contributed by atoms with Gasteiger partial charge in [0.25, 0.3) is 10.1 Å². The van der Waals surface area contributed by atoms with Crippen molar-refractivity contribution in [1.29, 1.82) is 0 Å². The van der Waals surface area contributed by atoms with E-state index >= 15 is 0 Å². The van der Waals surface area contributed by atoms with E-state index in [1.165, 1.54) is 34.6 Å². The van der Waals surface area contributed by atoms with E-state index in [0.717, 1.165) is 0 Å². The van der Waals surface area contributed by atoms with Gasteiger partial charge in [0.05, 0.1) is 5.56 Å². The fraction of sp³-hybridized carbons (Fsp3) is 0.471. The van der Waals surface area contributed by atoms with Crippen molar-refractivity contribution in [3.8, 4) is 0 Å². The van der Waals surface area contributed by atoms with Crippen molar-refractivity contribution in [2.45, 2.75) is 46.9 Å². The number of hydrogen-bond acceptors (Lipinski definition) is 6. The molecule has 168 valence electrons. The number of benzene rings is 1.